The number of nitrogens with zero attached hydrogens (tertiary/aromatic N) is 1. The van der Waals surface area contributed by atoms with Crippen molar-refractivity contribution in [2.24, 2.45) is 0 Å². The third-order valence-electron chi connectivity index (χ3n) is 4.76. The number of hydrogen-bond acceptors (Lipinski definition) is 3. The maximum absolute atomic E-state index is 13.3. The summed E-state index contributed by atoms with van der Waals surface area (Å²) >= 11 is 0. The standard InChI is InChI=1S/C25H25NO4/c1-19-11-13-21(14-12-19)30-23-10-6-5-9-22(23)25(29)26(18-16-24(27)28)17-15-20-7-3-2-4-8-20/h2-14H,15-18H2,1H3,(H,27,28). The molecule has 0 aliphatic heterocycles. The number of ether oxygens (including phenoxy) is 1. The van der Waals surface area contributed by atoms with Crippen molar-refractivity contribution in [3.8, 4) is 11.5 Å². The van der Waals surface area contributed by atoms with E-state index in [0.29, 0.717) is 30.0 Å². The van der Waals surface area contributed by atoms with Crippen molar-refractivity contribution in [1.29, 1.82) is 0 Å². The van der Waals surface area contributed by atoms with Gasteiger partial charge in [0.2, 0.25) is 0 Å². The van der Waals surface area contributed by atoms with Crippen LogP contribution < -0.4 is 4.74 Å². The second-order valence-electron chi connectivity index (χ2n) is 7.08. The lowest BCUT2D eigenvalue weighted by Gasteiger charge is -2.23. The number of benzene rings is 3. The van der Waals surface area contributed by atoms with Crippen molar-refractivity contribution < 1.29 is 19.4 Å². The van der Waals surface area contributed by atoms with Gasteiger partial charge >= 0.3 is 5.97 Å². The Kier molecular flexibility index (Phi) is 7.22. The summed E-state index contributed by atoms with van der Waals surface area (Å²) in [4.78, 5) is 26.0. The Bertz CT molecular complexity index is 984. The molecule has 0 fully saturated rings. The molecule has 0 saturated carbocycles. The monoisotopic (exact) mass is 403 g/mol. The first-order chi connectivity index (χ1) is 14.5. The van der Waals surface area contributed by atoms with Gasteiger partial charge in [0, 0.05) is 13.1 Å². The zero-order valence-corrected chi connectivity index (χ0v) is 17.0. The summed E-state index contributed by atoms with van der Waals surface area (Å²) in [6, 6.07) is 24.5. The van der Waals surface area contributed by atoms with Crippen LogP contribution >= 0.6 is 0 Å². The van der Waals surface area contributed by atoms with E-state index < -0.39 is 5.97 Å². The summed E-state index contributed by atoms with van der Waals surface area (Å²) in [5.41, 5.74) is 2.62. The maximum atomic E-state index is 13.3. The highest BCUT2D eigenvalue weighted by atomic mass is 16.5. The van der Waals surface area contributed by atoms with Gasteiger partial charge in [-0.05, 0) is 43.2 Å². The number of hydrogen-bond donors (Lipinski definition) is 1. The van der Waals surface area contributed by atoms with Crippen LogP contribution in [-0.2, 0) is 11.2 Å². The molecule has 0 saturated heterocycles. The minimum atomic E-state index is -0.934. The SMILES string of the molecule is Cc1ccc(Oc2ccccc2C(=O)N(CCC(=O)O)CCc2ccccc2)cc1. The highest BCUT2D eigenvalue weighted by molar-refractivity contribution is 5.97. The van der Waals surface area contributed by atoms with Gasteiger partial charge in [0.05, 0.1) is 12.0 Å². The summed E-state index contributed by atoms with van der Waals surface area (Å²) < 4.78 is 5.96. The van der Waals surface area contributed by atoms with E-state index in [0.717, 1.165) is 11.1 Å². The molecule has 0 aliphatic rings. The second kappa shape index (κ2) is 10.3. The average molecular weight is 403 g/mol. The molecule has 0 heterocycles. The molecule has 0 bridgehead atoms. The van der Waals surface area contributed by atoms with Crippen LogP contribution in [0, 0.1) is 6.92 Å². The topological polar surface area (TPSA) is 66.8 Å². The third-order valence-corrected chi connectivity index (χ3v) is 4.76. The quantitative estimate of drug-likeness (QED) is 0.549. The predicted octanol–water partition coefficient (Wildman–Crippen LogP) is 4.95. The number of aliphatic carboxylic acids is 1. The zero-order valence-electron chi connectivity index (χ0n) is 17.0. The fraction of sp³-hybridized carbons (Fsp3) is 0.200. The first kappa shape index (κ1) is 21.1. The number of carboxylic acids is 1. The Hall–Kier alpha value is -3.60. The molecule has 0 spiro atoms. The van der Waals surface area contributed by atoms with Gasteiger partial charge in [0.1, 0.15) is 11.5 Å². The Morgan fingerprint density at radius 3 is 2.23 bits per heavy atom. The largest absolute Gasteiger partial charge is 0.481 e. The smallest absolute Gasteiger partial charge is 0.305 e. The molecule has 30 heavy (non-hydrogen) atoms. The van der Waals surface area contributed by atoms with E-state index in [9.17, 15) is 9.59 Å². The van der Waals surface area contributed by atoms with Crippen molar-refractivity contribution in [3.05, 3.63) is 95.6 Å². The normalized spacial score (nSPS) is 10.4. The highest BCUT2D eigenvalue weighted by Gasteiger charge is 2.20. The van der Waals surface area contributed by atoms with Crippen LogP contribution in [0.3, 0.4) is 0 Å². The Balaban J connectivity index is 1.80. The van der Waals surface area contributed by atoms with Gasteiger partial charge < -0.3 is 14.7 Å². The highest BCUT2D eigenvalue weighted by Crippen LogP contribution is 2.26. The van der Waals surface area contributed by atoms with Crippen LogP contribution in [-0.4, -0.2) is 35.0 Å². The molecule has 3 rings (SSSR count). The first-order valence-electron chi connectivity index (χ1n) is 9.91. The van der Waals surface area contributed by atoms with Gasteiger partial charge in [-0.15, -0.1) is 0 Å². The zero-order chi connectivity index (χ0) is 21.3. The summed E-state index contributed by atoms with van der Waals surface area (Å²) in [6.45, 7) is 2.56. The molecule has 1 amide bonds. The predicted molar refractivity (Wildman–Crippen MR) is 116 cm³/mol. The van der Waals surface area contributed by atoms with Gasteiger partial charge in [-0.25, -0.2) is 0 Å². The van der Waals surface area contributed by atoms with E-state index in [-0.39, 0.29) is 18.9 Å². The van der Waals surface area contributed by atoms with Crippen molar-refractivity contribution in [2.75, 3.05) is 13.1 Å². The van der Waals surface area contributed by atoms with Crippen molar-refractivity contribution >= 4 is 11.9 Å². The molecule has 5 nitrogen and oxygen atoms in total. The maximum Gasteiger partial charge on any atom is 0.305 e. The molecular formula is C25H25NO4. The van der Waals surface area contributed by atoms with Gasteiger partial charge in [-0.1, -0.05) is 60.2 Å². The summed E-state index contributed by atoms with van der Waals surface area (Å²) in [5, 5.41) is 9.11. The van der Waals surface area contributed by atoms with Crippen LogP contribution in [0.5, 0.6) is 11.5 Å². The van der Waals surface area contributed by atoms with Crippen LogP contribution in [0.15, 0.2) is 78.9 Å². The van der Waals surface area contributed by atoms with E-state index in [4.69, 9.17) is 9.84 Å². The van der Waals surface area contributed by atoms with Crippen LogP contribution in [0.1, 0.15) is 27.9 Å². The minimum Gasteiger partial charge on any atom is -0.481 e. The number of aryl methyl sites for hydroxylation is 1. The Labute approximate surface area is 176 Å². The number of carbonyl (C=O) groups excluding carboxylic acids is 1. The fourth-order valence-electron chi connectivity index (χ4n) is 3.09. The first-order valence-corrected chi connectivity index (χ1v) is 9.91. The molecule has 0 aromatic heterocycles. The lowest BCUT2D eigenvalue weighted by atomic mass is 10.1. The lowest BCUT2D eigenvalue weighted by Crippen LogP contribution is -2.35. The summed E-state index contributed by atoms with van der Waals surface area (Å²) in [5.74, 6) is -0.0831. The van der Waals surface area contributed by atoms with E-state index in [1.807, 2.05) is 67.6 Å². The van der Waals surface area contributed by atoms with Crippen molar-refractivity contribution in [1.82, 2.24) is 4.90 Å². The van der Waals surface area contributed by atoms with E-state index in [2.05, 4.69) is 0 Å². The van der Waals surface area contributed by atoms with Gasteiger partial charge in [0.15, 0.2) is 0 Å². The van der Waals surface area contributed by atoms with Crippen LogP contribution in [0.25, 0.3) is 0 Å². The number of para-hydroxylation sites is 1. The second-order valence-corrected chi connectivity index (χ2v) is 7.08. The number of rotatable bonds is 9. The fourth-order valence-corrected chi connectivity index (χ4v) is 3.09. The molecule has 3 aromatic carbocycles. The van der Waals surface area contributed by atoms with E-state index in [1.165, 1.54) is 0 Å². The van der Waals surface area contributed by atoms with Gasteiger partial charge in [-0.3, -0.25) is 9.59 Å². The molecule has 5 heteroatoms. The molecule has 0 radical (unpaired) electrons. The van der Waals surface area contributed by atoms with Gasteiger partial charge in [-0.2, -0.15) is 0 Å². The minimum absolute atomic E-state index is 0.110. The number of carboxylic acid groups (broad SMARTS) is 1. The number of amides is 1. The molecule has 0 aliphatic carbocycles. The third kappa shape index (κ3) is 5.95. The lowest BCUT2D eigenvalue weighted by molar-refractivity contribution is -0.137. The summed E-state index contributed by atoms with van der Waals surface area (Å²) in [7, 11) is 0. The molecule has 0 atom stereocenters. The molecule has 3 aromatic rings. The van der Waals surface area contributed by atoms with Gasteiger partial charge in [0.25, 0.3) is 5.91 Å². The average Bonchev–Trinajstić information content (AvgIpc) is 2.76. The Morgan fingerprint density at radius 1 is 0.867 bits per heavy atom. The van der Waals surface area contributed by atoms with Crippen LogP contribution in [0.2, 0.25) is 0 Å². The van der Waals surface area contributed by atoms with E-state index in [1.54, 1.807) is 23.1 Å². The molecule has 0 unspecified atom stereocenters. The van der Waals surface area contributed by atoms with Crippen LogP contribution in [0.4, 0.5) is 0 Å². The Morgan fingerprint density at radius 2 is 1.53 bits per heavy atom. The van der Waals surface area contributed by atoms with Crippen molar-refractivity contribution in [3.63, 3.8) is 0 Å². The molecule has 1 N–H and O–H groups in total. The summed E-state index contributed by atoms with van der Waals surface area (Å²) in [6.07, 6.45) is 0.536. The van der Waals surface area contributed by atoms with E-state index >= 15 is 0 Å². The number of carbonyl (C=O) groups is 2. The molecular weight excluding hydrogens is 378 g/mol. The van der Waals surface area contributed by atoms with Crippen molar-refractivity contribution in [2.45, 2.75) is 19.8 Å². The molecule has 154 valence electrons.